The van der Waals surface area contributed by atoms with Crippen LogP contribution in [0, 0.1) is 0 Å². The molecule has 0 aromatic carbocycles. The highest BCUT2D eigenvalue weighted by atomic mass is 33.1. The normalized spacial score (nSPS) is 13.7. The van der Waals surface area contributed by atoms with Gasteiger partial charge in [0.2, 0.25) is 0 Å². The highest BCUT2D eigenvalue weighted by molar-refractivity contribution is 8.76. The van der Waals surface area contributed by atoms with E-state index < -0.39 is 35.2 Å². The molecular weight excluding hydrogens is 609 g/mol. The Bertz CT molecular complexity index is 477. The van der Waals surface area contributed by atoms with Crippen molar-refractivity contribution in [1.29, 1.82) is 0 Å². The zero-order chi connectivity index (χ0) is 29.3. The van der Waals surface area contributed by atoms with Crippen LogP contribution >= 0.6 is 21.6 Å². The third kappa shape index (κ3) is 9.29. The smallest absolute Gasteiger partial charge is 0.377 e. The highest BCUT2D eigenvalue weighted by Gasteiger charge is 2.64. The molecule has 0 aliphatic heterocycles. The number of hydrogen-bond donors (Lipinski definition) is 0. The van der Waals surface area contributed by atoms with Gasteiger partial charge in [-0.3, -0.25) is 0 Å². The maximum Gasteiger partial charge on any atom is 0.507 e. The quantitative estimate of drug-likeness (QED) is 0.0813. The SMILES string of the molecule is CO[Si](OC)(OC)C(CCCSSCCCC([Si](OC)(OC)OC)[Si](OC)(OC)OC)[Si](OC)(OC)OC. The lowest BCUT2D eigenvalue weighted by Gasteiger charge is -2.39. The summed E-state index contributed by atoms with van der Waals surface area (Å²) in [5.41, 5.74) is 0. The van der Waals surface area contributed by atoms with E-state index in [1.54, 1.807) is 107 Å². The molecule has 0 fully saturated rings. The van der Waals surface area contributed by atoms with Crippen molar-refractivity contribution in [2.45, 2.75) is 36.0 Å². The average Bonchev–Trinajstić information content (AvgIpc) is 2.97. The largest absolute Gasteiger partial charge is 0.507 e. The molecule has 0 unspecified atom stereocenters. The molecule has 0 bridgehead atoms. The maximum absolute atomic E-state index is 5.78. The molecule has 230 valence electrons. The van der Waals surface area contributed by atoms with Crippen molar-refractivity contribution >= 4 is 56.8 Å². The zero-order valence-electron chi connectivity index (χ0n) is 25.1. The molecule has 18 heteroatoms. The predicted molar refractivity (Wildman–Crippen MR) is 158 cm³/mol. The summed E-state index contributed by atoms with van der Waals surface area (Å²) in [5.74, 6) is 1.82. The van der Waals surface area contributed by atoms with Gasteiger partial charge in [0.25, 0.3) is 0 Å². The summed E-state index contributed by atoms with van der Waals surface area (Å²) < 4.78 is 69.3. The van der Waals surface area contributed by atoms with Crippen LogP contribution in [-0.2, 0) is 53.1 Å². The molecule has 0 aromatic heterocycles. The minimum atomic E-state index is -3.09. The molecule has 0 atom stereocenters. The summed E-state index contributed by atoms with van der Waals surface area (Å²) in [6.45, 7) is 0. The molecule has 0 saturated heterocycles. The Labute approximate surface area is 242 Å². The molecule has 0 aliphatic carbocycles. The van der Waals surface area contributed by atoms with E-state index in [1.165, 1.54) is 0 Å². The lowest BCUT2D eigenvalue weighted by Crippen LogP contribution is -2.62. The lowest BCUT2D eigenvalue weighted by molar-refractivity contribution is 0.0772. The van der Waals surface area contributed by atoms with Crippen molar-refractivity contribution in [3.63, 3.8) is 0 Å². The van der Waals surface area contributed by atoms with Crippen molar-refractivity contribution < 1.29 is 53.1 Å². The summed E-state index contributed by atoms with van der Waals surface area (Å²) in [6, 6.07) is 0. The highest BCUT2D eigenvalue weighted by Crippen LogP contribution is 2.41. The van der Waals surface area contributed by atoms with Crippen molar-refractivity contribution in [3.05, 3.63) is 0 Å². The van der Waals surface area contributed by atoms with E-state index in [0.29, 0.717) is 12.8 Å². The molecule has 0 aromatic rings. The van der Waals surface area contributed by atoms with Gasteiger partial charge in [0.1, 0.15) is 0 Å². The Kier molecular flexibility index (Phi) is 20.6. The van der Waals surface area contributed by atoms with Crippen LogP contribution in [0.3, 0.4) is 0 Å². The summed E-state index contributed by atoms with van der Waals surface area (Å²) in [4.78, 5) is 0. The molecule has 0 rings (SSSR count). The first kappa shape index (κ1) is 39.1. The van der Waals surface area contributed by atoms with E-state index >= 15 is 0 Å². The van der Waals surface area contributed by atoms with Crippen LogP contribution in [0.1, 0.15) is 25.7 Å². The van der Waals surface area contributed by atoms with Crippen LogP contribution in [0.15, 0.2) is 0 Å². The van der Waals surface area contributed by atoms with Crippen molar-refractivity contribution in [3.8, 4) is 0 Å². The summed E-state index contributed by atoms with van der Waals surface area (Å²) in [5, 5.41) is -0.515. The van der Waals surface area contributed by atoms with Crippen LogP contribution in [0.25, 0.3) is 0 Å². The second-order valence-corrected chi connectivity index (χ2v) is 24.3. The second kappa shape index (κ2) is 20.1. The van der Waals surface area contributed by atoms with Gasteiger partial charge >= 0.3 is 35.2 Å². The van der Waals surface area contributed by atoms with Crippen molar-refractivity contribution in [1.82, 2.24) is 0 Å². The molecule has 0 aliphatic rings. The van der Waals surface area contributed by atoms with Crippen molar-refractivity contribution in [2.75, 3.05) is 96.8 Å². The van der Waals surface area contributed by atoms with Gasteiger partial charge in [-0.1, -0.05) is 21.6 Å². The molecule has 38 heavy (non-hydrogen) atoms. The van der Waals surface area contributed by atoms with E-state index in [0.717, 1.165) is 24.3 Å². The average molecular weight is 659 g/mol. The lowest BCUT2D eigenvalue weighted by atomic mass is 10.4. The minimum Gasteiger partial charge on any atom is -0.377 e. The standard InChI is InChI=1S/C20H50O12S2Si4/c1-21-35(22-2,23-3)19(36(24-4,25-5)26-6)15-13-17-33-34-18-14-16-20(37(27-7,28-8)29-9)38(30-10,31-11)32-12/h19-20H,13-18H2,1-12H3. The van der Waals surface area contributed by atoms with Gasteiger partial charge in [-0.05, 0) is 25.7 Å². The Balaban J connectivity index is 5.15. The maximum atomic E-state index is 5.78. The first-order chi connectivity index (χ1) is 18.2. The first-order valence-corrected chi connectivity index (χ1v) is 21.8. The van der Waals surface area contributed by atoms with E-state index in [9.17, 15) is 0 Å². The first-order valence-electron chi connectivity index (χ1n) is 12.1. The third-order valence-corrected chi connectivity index (χ3v) is 24.9. The Morgan fingerprint density at radius 3 is 0.711 bits per heavy atom. The van der Waals surface area contributed by atoms with Crippen LogP contribution in [0.4, 0.5) is 0 Å². The predicted octanol–water partition coefficient (Wildman–Crippen LogP) is 3.26. The van der Waals surface area contributed by atoms with Crippen molar-refractivity contribution in [2.24, 2.45) is 0 Å². The van der Waals surface area contributed by atoms with Crippen LogP contribution in [-0.4, -0.2) is 132 Å². The topological polar surface area (TPSA) is 111 Å². The Morgan fingerprint density at radius 1 is 0.368 bits per heavy atom. The summed E-state index contributed by atoms with van der Waals surface area (Å²) in [6.07, 6.45) is 3.18. The Hall–Kier alpha value is 1.09. The third-order valence-electron chi connectivity index (χ3n) is 6.65. The van der Waals surface area contributed by atoms with Gasteiger partial charge in [0.05, 0.1) is 10.3 Å². The second-order valence-electron chi connectivity index (χ2n) is 7.90. The monoisotopic (exact) mass is 658 g/mol. The van der Waals surface area contributed by atoms with Crippen LogP contribution < -0.4 is 0 Å². The van der Waals surface area contributed by atoms with Gasteiger partial charge in [0, 0.05) is 96.8 Å². The molecule has 0 radical (unpaired) electrons. The molecule has 0 N–H and O–H groups in total. The van der Waals surface area contributed by atoms with Crippen LogP contribution in [0.2, 0.25) is 10.3 Å². The van der Waals surface area contributed by atoms with E-state index in [1.807, 2.05) is 0 Å². The van der Waals surface area contributed by atoms with Gasteiger partial charge in [-0.2, -0.15) is 0 Å². The molecule has 0 spiro atoms. The summed E-state index contributed by atoms with van der Waals surface area (Å²) >= 11 is 0. The van der Waals surface area contributed by atoms with Gasteiger partial charge in [0.15, 0.2) is 0 Å². The van der Waals surface area contributed by atoms with E-state index in [4.69, 9.17) is 53.1 Å². The van der Waals surface area contributed by atoms with Gasteiger partial charge < -0.3 is 53.1 Å². The Morgan fingerprint density at radius 2 is 0.553 bits per heavy atom. The number of hydrogen-bond acceptors (Lipinski definition) is 14. The molecule has 0 saturated carbocycles. The molecule has 0 amide bonds. The summed E-state index contributed by atoms with van der Waals surface area (Å²) in [7, 11) is 10.3. The number of rotatable bonds is 25. The van der Waals surface area contributed by atoms with Gasteiger partial charge in [-0.25, -0.2) is 0 Å². The fourth-order valence-electron chi connectivity index (χ4n) is 4.66. The minimum absolute atomic E-state index is 0.258. The fourth-order valence-corrected chi connectivity index (χ4v) is 22.2. The van der Waals surface area contributed by atoms with Crippen LogP contribution in [0.5, 0.6) is 0 Å². The molecule has 0 heterocycles. The fraction of sp³-hybridized carbons (Fsp3) is 1.00. The molecule has 12 nitrogen and oxygen atoms in total. The van der Waals surface area contributed by atoms with E-state index in [2.05, 4.69) is 0 Å². The zero-order valence-corrected chi connectivity index (χ0v) is 30.7. The van der Waals surface area contributed by atoms with E-state index in [-0.39, 0.29) is 10.3 Å². The van der Waals surface area contributed by atoms with Gasteiger partial charge in [-0.15, -0.1) is 0 Å². The molecular formula is C20H50O12S2Si4.